The van der Waals surface area contributed by atoms with Crippen LogP contribution in [-0.2, 0) is 10.0 Å². The average molecular weight is 308 g/mol. The molecule has 0 aliphatic carbocycles. The number of hydrogen-bond acceptors (Lipinski definition) is 6. The Kier molecular flexibility index (Phi) is 4.59. The van der Waals surface area contributed by atoms with Gasteiger partial charge in [0.25, 0.3) is 10.0 Å². The molecule has 0 bridgehead atoms. The van der Waals surface area contributed by atoms with Crippen molar-refractivity contribution in [3.8, 4) is 5.88 Å². The molecule has 2 aromatic heterocycles. The van der Waals surface area contributed by atoms with E-state index in [1.54, 1.807) is 19.2 Å². The van der Waals surface area contributed by atoms with E-state index in [9.17, 15) is 8.42 Å². The van der Waals surface area contributed by atoms with Crippen LogP contribution < -0.4 is 14.8 Å². The number of rotatable bonds is 6. The van der Waals surface area contributed by atoms with E-state index in [1.807, 2.05) is 6.92 Å². The van der Waals surface area contributed by atoms with E-state index >= 15 is 0 Å². The monoisotopic (exact) mass is 308 g/mol. The van der Waals surface area contributed by atoms with E-state index in [2.05, 4.69) is 20.0 Å². The fourth-order valence-electron chi connectivity index (χ4n) is 1.60. The Bertz CT molecular complexity index is 702. The molecule has 0 aliphatic heterocycles. The van der Waals surface area contributed by atoms with Gasteiger partial charge in [-0.15, -0.1) is 0 Å². The Morgan fingerprint density at radius 3 is 2.67 bits per heavy atom. The molecule has 0 amide bonds. The van der Waals surface area contributed by atoms with Crippen molar-refractivity contribution in [3.63, 3.8) is 0 Å². The molecule has 0 saturated heterocycles. The summed E-state index contributed by atoms with van der Waals surface area (Å²) >= 11 is 0. The molecule has 0 unspecified atom stereocenters. The molecule has 8 heteroatoms. The van der Waals surface area contributed by atoms with Gasteiger partial charge in [0.1, 0.15) is 5.82 Å². The molecule has 2 heterocycles. The lowest BCUT2D eigenvalue weighted by Gasteiger charge is -2.09. The number of nitrogens with one attached hydrogen (secondary N) is 2. The maximum atomic E-state index is 12.3. The first-order valence-electron chi connectivity index (χ1n) is 6.30. The number of sulfonamides is 1. The zero-order chi connectivity index (χ0) is 15.3. The standard InChI is InChI=1S/C13H16N4O3S/c1-3-20-13-5-4-10(9-16-13)17-21(18,19)11-6-7-15-12(8-11)14-2/h4-9,17H,3H2,1-2H3,(H,14,15). The van der Waals surface area contributed by atoms with Crippen molar-refractivity contribution in [1.29, 1.82) is 0 Å². The lowest BCUT2D eigenvalue weighted by atomic mass is 10.4. The smallest absolute Gasteiger partial charge is 0.262 e. The third-order valence-corrected chi connectivity index (χ3v) is 3.96. The van der Waals surface area contributed by atoms with Crippen molar-refractivity contribution in [2.45, 2.75) is 11.8 Å². The van der Waals surface area contributed by atoms with Gasteiger partial charge in [0.15, 0.2) is 0 Å². The maximum Gasteiger partial charge on any atom is 0.262 e. The molecule has 2 aromatic rings. The molecule has 0 atom stereocenters. The van der Waals surface area contributed by atoms with Crippen molar-refractivity contribution in [1.82, 2.24) is 9.97 Å². The highest BCUT2D eigenvalue weighted by Gasteiger charge is 2.15. The average Bonchev–Trinajstić information content (AvgIpc) is 2.49. The van der Waals surface area contributed by atoms with Crippen LogP contribution >= 0.6 is 0 Å². The fraction of sp³-hybridized carbons (Fsp3) is 0.231. The first kappa shape index (κ1) is 15.0. The van der Waals surface area contributed by atoms with Gasteiger partial charge in [0.2, 0.25) is 5.88 Å². The lowest BCUT2D eigenvalue weighted by molar-refractivity contribution is 0.327. The van der Waals surface area contributed by atoms with Gasteiger partial charge in [-0.05, 0) is 19.1 Å². The molecule has 21 heavy (non-hydrogen) atoms. The minimum atomic E-state index is -3.68. The Morgan fingerprint density at radius 2 is 2.05 bits per heavy atom. The van der Waals surface area contributed by atoms with Crippen LogP contribution in [0.1, 0.15) is 6.92 Å². The fourth-order valence-corrected chi connectivity index (χ4v) is 2.66. The number of hydrogen-bond donors (Lipinski definition) is 2. The first-order valence-corrected chi connectivity index (χ1v) is 7.79. The molecule has 112 valence electrons. The molecule has 0 aromatic carbocycles. The molecule has 0 aliphatic rings. The molecule has 7 nitrogen and oxygen atoms in total. The van der Waals surface area contributed by atoms with Gasteiger partial charge >= 0.3 is 0 Å². The summed E-state index contributed by atoms with van der Waals surface area (Å²) in [6, 6.07) is 6.07. The number of aromatic nitrogens is 2. The summed E-state index contributed by atoms with van der Waals surface area (Å²) in [6.45, 7) is 2.35. The third-order valence-electron chi connectivity index (χ3n) is 2.58. The lowest BCUT2D eigenvalue weighted by Crippen LogP contribution is -2.13. The zero-order valence-corrected chi connectivity index (χ0v) is 12.5. The Labute approximate surface area is 123 Å². The quantitative estimate of drug-likeness (QED) is 0.844. The molecule has 2 rings (SSSR count). The molecule has 0 spiro atoms. The highest BCUT2D eigenvalue weighted by molar-refractivity contribution is 7.92. The summed E-state index contributed by atoms with van der Waals surface area (Å²) in [6.07, 6.45) is 2.83. The van der Waals surface area contributed by atoms with Gasteiger partial charge in [-0.3, -0.25) is 4.72 Å². The third kappa shape index (κ3) is 3.82. The maximum absolute atomic E-state index is 12.3. The van der Waals surface area contributed by atoms with E-state index in [4.69, 9.17) is 4.74 Å². The summed E-state index contributed by atoms with van der Waals surface area (Å²) in [5, 5.41) is 2.79. The van der Waals surface area contributed by atoms with Crippen LogP contribution in [0, 0.1) is 0 Å². The molecular formula is C13H16N4O3S. The number of nitrogens with zero attached hydrogens (tertiary/aromatic N) is 2. The van der Waals surface area contributed by atoms with Crippen LogP contribution in [0.5, 0.6) is 5.88 Å². The number of pyridine rings is 2. The van der Waals surface area contributed by atoms with Gasteiger partial charge in [-0.25, -0.2) is 18.4 Å². The minimum absolute atomic E-state index is 0.121. The summed E-state index contributed by atoms with van der Waals surface area (Å²) < 4.78 is 32.2. The van der Waals surface area contributed by atoms with Crippen LogP contribution in [0.4, 0.5) is 11.5 Å². The molecular weight excluding hydrogens is 292 g/mol. The van der Waals surface area contributed by atoms with Crippen LogP contribution in [-0.4, -0.2) is 32.0 Å². The highest BCUT2D eigenvalue weighted by Crippen LogP contribution is 2.18. The van der Waals surface area contributed by atoms with Crippen LogP contribution in [0.3, 0.4) is 0 Å². The van der Waals surface area contributed by atoms with Gasteiger partial charge in [-0.2, -0.15) is 0 Å². The second-order valence-corrected chi connectivity index (χ2v) is 5.73. The Hall–Kier alpha value is -2.35. The predicted octanol–water partition coefficient (Wildman–Crippen LogP) is 1.72. The summed E-state index contributed by atoms with van der Waals surface area (Å²) in [4.78, 5) is 8.11. The topological polar surface area (TPSA) is 93.2 Å². The van der Waals surface area contributed by atoms with Crippen molar-refractivity contribution >= 4 is 21.5 Å². The zero-order valence-electron chi connectivity index (χ0n) is 11.7. The van der Waals surface area contributed by atoms with E-state index in [0.717, 1.165) is 0 Å². The minimum Gasteiger partial charge on any atom is -0.478 e. The molecule has 0 radical (unpaired) electrons. The van der Waals surface area contributed by atoms with E-state index < -0.39 is 10.0 Å². The van der Waals surface area contributed by atoms with Crippen molar-refractivity contribution < 1.29 is 13.2 Å². The SMILES string of the molecule is CCOc1ccc(NS(=O)(=O)c2ccnc(NC)c2)cn1. The molecule has 2 N–H and O–H groups in total. The molecule has 0 fully saturated rings. The van der Waals surface area contributed by atoms with Crippen molar-refractivity contribution in [2.75, 3.05) is 23.7 Å². The summed E-state index contributed by atoms with van der Waals surface area (Å²) in [7, 11) is -2.01. The predicted molar refractivity (Wildman–Crippen MR) is 80.0 cm³/mol. The second-order valence-electron chi connectivity index (χ2n) is 4.05. The van der Waals surface area contributed by atoms with Crippen LogP contribution in [0.15, 0.2) is 41.6 Å². The second kappa shape index (κ2) is 6.40. The molecule has 0 saturated carbocycles. The highest BCUT2D eigenvalue weighted by atomic mass is 32.2. The number of anilines is 2. The van der Waals surface area contributed by atoms with Crippen LogP contribution in [0.25, 0.3) is 0 Å². The number of ether oxygens (including phenoxy) is 1. The normalized spacial score (nSPS) is 11.0. The van der Waals surface area contributed by atoms with E-state index in [1.165, 1.54) is 24.5 Å². The Balaban J connectivity index is 2.20. The summed E-state index contributed by atoms with van der Waals surface area (Å²) in [5.41, 5.74) is 0.362. The van der Waals surface area contributed by atoms with Gasteiger partial charge in [0.05, 0.1) is 23.4 Å². The van der Waals surface area contributed by atoms with Gasteiger partial charge in [0, 0.05) is 25.4 Å². The van der Waals surface area contributed by atoms with Crippen molar-refractivity contribution in [3.05, 3.63) is 36.7 Å². The van der Waals surface area contributed by atoms with Crippen molar-refractivity contribution in [2.24, 2.45) is 0 Å². The van der Waals surface area contributed by atoms with Gasteiger partial charge in [-0.1, -0.05) is 0 Å². The van der Waals surface area contributed by atoms with Crippen LogP contribution in [0.2, 0.25) is 0 Å². The van der Waals surface area contributed by atoms with E-state index in [-0.39, 0.29) is 4.90 Å². The Morgan fingerprint density at radius 1 is 1.24 bits per heavy atom. The summed E-state index contributed by atoms with van der Waals surface area (Å²) in [5.74, 6) is 0.921. The largest absolute Gasteiger partial charge is 0.478 e. The first-order chi connectivity index (χ1) is 10.0. The van der Waals surface area contributed by atoms with E-state index in [0.29, 0.717) is 24.0 Å². The van der Waals surface area contributed by atoms with Gasteiger partial charge < -0.3 is 10.1 Å².